The molecule has 6 nitrogen and oxygen atoms in total. The molecule has 86 heavy (non-hydrogen) atoms. The number of terminal acetylenes is 4. The largest absolute Gasteiger partial charge is 0.266 e. The summed E-state index contributed by atoms with van der Waals surface area (Å²) in [5.41, 5.74) is 1.92. The molecule has 0 spiro atoms. The van der Waals surface area contributed by atoms with Crippen molar-refractivity contribution in [2.24, 2.45) is 14.1 Å². The van der Waals surface area contributed by atoms with Gasteiger partial charge in [-0.15, -0.1) is 25.7 Å². The van der Waals surface area contributed by atoms with Crippen molar-refractivity contribution in [3.63, 3.8) is 0 Å². The fraction of sp³-hybridized carbons (Fsp3) is 0.0500. The van der Waals surface area contributed by atoms with E-state index in [0.29, 0.717) is 6.67 Å². The first-order valence-electron chi connectivity index (χ1n) is 23.1. The molecule has 1 atom stereocenters. The second-order valence-corrected chi connectivity index (χ2v) is 13.4. The minimum Gasteiger partial charge on any atom is -0.244 e. The lowest BCUT2D eigenvalue weighted by Gasteiger charge is -2.04. The van der Waals surface area contributed by atoms with Crippen LogP contribution >= 0.6 is 0 Å². The molecule has 0 aliphatic carbocycles. The number of quaternary nitrogens is 1. The van der Waals surface area contributed by atoms with Crippen LogP contribution in [0.1, 0.15) is 5.82 Å². The van der Waals surface area contributed by atoms with E-state index >= 15 is 0 Å². The van der Waals surface area contributed by atoms with E-state index in [0.717, 1.165) is 22.1 Å². The average molecular weight is 1070 g/mol. The van der Waals surface area contributed by atoms with Gasteiger partial charge in [0, 0.05) is 179 Å². The number of para-hydroxylation sites is 2. The molecule has 2 aromatic heterocycles. The van der Waals surface area contributed by atoms with Crippen LogP contribution in [-0.2, 0) is 14.1 Å². The van der Waals surface area contributed by atoms with Crippen LogP contribution in [0.5, 0.6) is 0 Å². The van der Waals surface area contributed by atoms with Crippen LogP contribution in [0.4, 0.5) is 11.4 Å². The smallest absolute Gasteiger partial charge is 0.244 e. The van der Waals surface area contributed by atoms with Crippen molar-refractivity contribution in [3.8, 4) is 381 Å². The summed E-state index contributed by atoms with van der Waals surface area (Å²) < 4.78 is 7.33. The van der Waals surface area contributed by atoms with Gasteiger partial charge in [-0.2, -0.15) is 9.13 Å². The Morgan fingerprint density at radius 3 is 1.00 bits per heavy atom. The first-order chi connectivity index (χ1) is 42.4. The number of anilines is 1. The van der Waals surface area contributed by atoms with Crippen molar-refractivity contribution in [2.75, 3.05) is 11.6 Å². The molecule has 0 fully saturated rings. The Hall–Kier alpha value is -16.7. The quantitative estimate of drug-likeness (QED) is 0.251. The number of imidazole rings is 2. The van der Waals surface area contributed by atoms with Gasteiger partial charge < -0.3 is 0 Å². The van der Waals surface area contributed by atoms with Gasteiger partial charge in [0.25, 0.3) is 12.2 Å². The zero-order valence-corrected chi connectivity index (χ0v) is 45.4. The minimum atomic E-state index is 0.503. The Bertz CT molecular complexity index is 5220. The van der Waals surface area contributed by atoms with Gasteiger partial charge in [-0.05, 0) is 172 Å². The maximum atomic E-state index is 4.97. The standard InChI is InChI=1S/C39H8N2.C21H9N2.C20H7N2/c1-3-5-7-9-11-13-15-17-19-21-23-25-27-31-35-40-37-41(39-34-30-29-33-38(39)40)36-32-28-26-24-22-20-18-16-14-12-10-8-6-4-2;1-4-5-6-7-8-9-10-11-12-13-14-15-16-17-18-23-20-19-22(3)21(23)2;1-3-4-5-6-7-8-9-10-11-12-13-14-15-16-17-22-19-18-21(2)20-22/h1-2,29-30,33-34H,37H2;1,19-20H,2-3H3;1,18-20H,2H3/q;2*+1/p+1. The van der Waals surface area contributed by atoms with Crippen molar-refractivity contribution in [3.05, 3.63) is 61.2 Å². The second-order valence-electron chi connectivity index (χ2n) is 13.4. The summed E-state index contributed by atoms with van der Waals surface area (Å²) >= 11 is 0. The highest BCUT2D eigenvalue weighted by atomic mass is 15.4. The molecule has 0 radical (unpaired) electrons. The van der Waals surface area contributed by atoms with Crippen molar-refractivity contribution in [1.29, 1.82) is 0 Å². The highest BCUT2D eigenvalue weighted by Gasteiger charge is 2.29. The Kier molecular flexibility index (Phi) is 36.5. The van der Waals surface area contributed by atoms with Crippen LogP contribution in [0.15, 0.2) is 55.4 Å². The van der Waals surface area contributed by atoms with Gasteiger partial charge >= 0.3 is 0 Å². The van der Waals surface area contributed by atoms with Crippen LogP contribution in [0.25, 0.3) is 0 Å². The Balaban J connectivity index is 0.000000476. The molecule has 1 N–H and O–H groups in total. The number of rotatable bonds is 0. The minimum absolute atomic E-state index is 0.503. The van der Waals surface area contributed by atoms with Gasteiger partial charge in [-0.1, -0.05) is 12.1 Å². The zero-order valence-electron chi connectivity index (χ0n) is 45.4. The van der Waals surface area contributed by atoms with Crippen LogP contribution in [-0.4, -0.2) is 15.8 Å². The van der Waals surface area contributed by atoms with Crippen LogP contribution in [0, 0.1) is 388 Å². The summed E-state index contributed by atoms with van der Waals surface area (Å²) in [4.78, 5) is 2.75. The fourth-order valence-corrected chi connectivity index (χ4v) is 4.59. The SMILES string of the molecule is C#CC#CC#CC#CC#CC#CC#CC#CN1C[NH+](C#CC#CC#CC#CC#CC#CC#CC#C)c2ccccc21.C#CC#CC#CC#CC#CC#CC#CC#Cn1cc[n+](C)c1.C#CC#CC#CC#CC#CC#CC#CC#Cn1cc[n+](C)c1C. The molecule has 1 unspecified atom stereocenters. The summed E-state index contributed by atoms with van der Waals surface area (Å²) in [7, 11) is 3.86. The maximum absolute atomic E-state index is 4.97. The number of hydrogen-bond donors (Lipinski definition) is 1. The fourth-order valence-electron chi connectivity index (χ4n) is 4.59. The van der Waals surface area contributed by atoms with Crippen molar-refractivity contribution < 1.29 is 14.0 Å². The monoisotopic (exact) mass is 1070 g/mol. The van der Waals surface area contributed by atoms with Crippen molar-refractivity contribution in [1.82, 2.24) is 9.13 Å². The normalized spacial score (nSPS) is 7.20. The maximum Gasteiger partial charge on any atom is 0.266 e. The van der Waals surface area contributed by atoms with Gasteiger partial charge in [0.1, 0.15) is 42.6 Å². The lowest BCUT2D eigenvalue weighted by atomic mass is 10.2. The highest BCUT2D eigenvalue weighted by molar-refractivity contribution is 5.69. The topological polar surface area (TPSA) is 25.3 Å². The van der Waals surface area contributed by atoms with Crippen molar-refractivity contribution >= 4 is 11.4 Å². The van der Waals surface area contributed by atoms with E-state index in [4.69, 9.17) is 25.7 Å². The van der Waals surface area contributed by atoms with Gasteiger partial charge in [-0.3, -0.25) is 0 Å². The van der Waals surface area contributed by atoms with Crippen LogP contribution in [0.2, 0.25) is 0 Å². The molecule has 1 aromatic carbocycles. The Labute approximate surface area is 507 Å². The van der Waals surface area contributed by atoms with E-state index < -0.39 is 0 Å². The summed E-state index contributed by atoms with van der Waals surface area (Å²) in [5.74, 6) is 141. The Morgan fingerprint density at radius 1 is 0.360 bits per heavy atom. The first-order valence-corrected chi connectivity index (χ1v) is 23.1. The molecule has 4 rings (SSSR count). The predicted octanol–water partition coefficient (Wildman–Crippen LogP) is 0.0683. The van der Waals surface area contributed by atoms with E-state index in [1.54, 1.807) is 9.13 Å². The molecule has 0 saturated heterocycles. The molecule has 3 heterocycles. The lowest BCUT2D eigenvalue weighted by Crippen LogP contribution is -3.02. The second kappa shape index (κ2) is 48.0. The third kappa shape index (κ3) is 34.7. The molecule has 1 aliphatic rings. The lowest BCUT2D eigenvalue weighted by molar-refractivity contribution is -0.748. The Morgan fingerprint density at radius 2 is 0.674 bits per heavy atom. The first kappa shape index (κ1) is 65.4. The van der Waals surface area contributed by atoms with E-state index in [-0.39, 0.29) is 0 Å². The number of hydrogen-bond acceptors (Lipinski definition) is 1. The number of fused-ring (bicyclic) bond motifs is 1. The van der Waals surface area contributed by atoms with Crippen molar-refractivity contribution in [2.45, 2.75) is 6.92 Å². The molecule has 1 aliphatic heterocycles. The summed E-state index contributed by atoms with van der Waals surface area (Å²) in [6.07, 6.45) is 29.1. The molecule has 3 aromatic rings. The zero-order chi connectivity index (χ0) is 61.7. The number of benzene rings is 1. The van der Waals surface area contributed by atoms with Gasteiger partial charge in [0.15, 0.2) is 18.4 Å². The number of aryl methyl sites for hydroxylation is 2. The van der Waals surface area contributed by atoms with E-state index in [2.05, 4.69) is 356 Å². The highest BCUT2D eigenvalue weighted by Crippen LogP contribution is 2.24. The van der Waals surface area contributed by atoms with E-state index in [1.807, 2.05) is 90.4 Å². The van der Waals surface area contributed by atoms with E-state index in [9.17, 15) is 0 Å². The molecule has 6 heteroatoms. The summed E-state index contributed by atoms with van der Waals surface area (Å²) in [6, 6.07) is 19.6. The summed E-state index contributed by atoms with van der Waals surface area (Å²) in [5, 5.41) is 0. The van der Waals surface area contributed by atoms with Crippen LogP contribution in [0.3, 0.4) is 0 Å². The number of nitrogens with one attached hydrogen (secondary N) is 1. The predicted molar refractivity (Wildman–Crippen MR) is 334 cm³/mol. The molecule has 0 amide bonds. The molecule has 372 valence electrons. The number of nitrogens with zero attached hydrogens (tertiary/aromatic N) is 5. The molecule has 0 bridgehead atoms. The molecular weight excluding hydrogens is 1040 g/mol. The molecule has 0 saturated carbocycles. The average Bonchev–Trinajstić information content (AvgIpc) is 3.70. The van der Waals surface area contributed by atoms with Gasteiger partial charge in [0.05, 0.1) is 20.0 Å². The van der Waals surface area contributed by atoms with Gasteiger partial charge in [-0.25, -0.2) is 18.9 Å². The third-order valence-corrected chi connectivity index (χ3v) is 7.96. The number of aromatic nitrogens is 4. The third-order valence-electron chi connectivity index (χ3n) is 7.96. The van der Waals surface area contributed by atoms with Crippen LogP contribution < -0.4 is 18.9 Å². The summed E-state index contributed by atoms with van der Waals surface area (Å²) in [6.45, 7) is 2.47. The molecular formula is C80H25N6+3. The van der Waals surface area contributed by atoms with E-state index in [1.165, 1.54) is 0 Å². The van der Waals surface area contributed by atoms with Gasteiger partial charge in [0.2, 0.25) is 0 Å².